The fraction of sp³-hybridized carbons (Fsp3) is 0.250. The summed E-state index contributed by atoms with van der Waals surface area (Å²) in [4.78, 5) is 28.0. The molecule has 3 rings (SSSR count). The van der Waals surface area contributed by atoms with Crippen LogP contribution in [0.3, 0.4) is 0 Å². The van der Waals surface area contributed by atoms with Gasteiger partial charge >= 0.3 is 5.97 Å². The van der Waals surface area contributed by atoms with E-state index < -0.39 is 12.0 Å². The van der Waals surface area contributed by atoms with Crippen LogP contribution in [0.4, 0.5) is 0 Å². The molecule has 0 aliphatic carbocycles. The van der Waals surface area contributed by atoms with Crippen LogP contribution in [0.15, 0.2) is 54.6 Å². The number of aliphatic carboxylic acids is 1. The van der Waals surface area contributed by atoms with E-state index in [0.29, 0.717) is 6.42 Å². The highest BCUT2D eigenvalue weighted by Gasteiger charge is 2.20. The van der Waals surface area contributed by atoms with E-state index in [1.165, 1.54) is 7.11 Å². The van der Waals surface area contributed by atoms with Crippen molar-refractivity contribution in [1.29, 1.82) is 0 Å². The number of aromatic nitrogens is 2. The average Bonchev–Trinajstić information content (AvgIpc) is 3.05. The van der Waals surface area contributed by atoms with Gasteiger partial charge in [0.05, 0.1) is 17.6 Å². The van der Waals surface area contributed by atoms with Crippen LogP contribution in [0, 0.1) is 0 Å². The van der Waals surface area contributed by atoms with E-state index in [1.54, 1.807) is 0 Å². The number of imidazole rings is 1. The maximum absolute atomic E-state index is 12.2. The molecule has 0 bridgehead atoms. The van der Waals surface area contributed by atoms with Crippen molar-refractivity contribution >= 4 is 22.9 Å². The first-order valence-electron chi connectivity index (χ1n) is 8.63. The van der Waals surface area contributed by atoms with Gasteiger partial charge in [0.15, 0.2) is 6.04 Å². The van der Waals surface area contributed by atoms with Crippen LogP contribution in [0.1, 0.15) is 12.2 Å². The van der Waals surface area contributed by atoms with Gasteiger partial charge in [-0.3, -0.25) is 9.36 Å². The van der Waals surface area contributed by atoms with Crippen molar-refractivity contribution in [3.05, 3.63) is 60.4 Å². The molecule has 7 heteroatoms. The van der Waals surface area contributed by atoms with E-state index >= 15 is 0 Å². The minimum atomic E-state index is -1.12. The lowest BCUT2D eigenvalue weighted by molar-refractivity contribution is -0.143. The molecule has 0 saturated carbocycles. The first kappa shape index (κ1) is 18.6. The summed E-state index contributed by atoms with van der Waals surface area (Å²) in [6.07, 6.45) is 0.512. The maximum Gasteiger partial charge on any atom is 0.328 e. The number of aryl methyl sites for hydroxylation is 1. The molecule has 2 aromatic carbocycles. The summed E-state index contributed by atoms with van der Waals surface area (Å²) in [5.41, 5.74) is 2.77. The molecule has 1 atom stereocenters. The molecule has 0 aliphatic rings. The standard InChI is InChI=1S/C20H21N3O4/c1-27-13-16(20(25)26)22-19(24)12-11-18-21-15-9-5-6-10-17(15)23(18)14-7-3-2-4-8-14/h2-10,16H,11-13H2,1H3,(H,22,24)(H,25,26). The van der Waals surface area contributed by atoms with Crippen molar-refractivity contribution < 1.29 is 19.4 Å². The number of nitrogens with one attached hydrogen (secondary N) is 1. The van der Waals surface area contributed by atoms with E-state index in [2.05, 4.69) is 10.3 Å². The number of hydrogen-bond acceptors (Lipinski definition) is 4. The van der Waals surface area contributed by atoms with Crippen LogP contribution >= 0.6 is 0 Å². The molecule has 0 fully saturated rings. The zero-order valence-corrected chi connectivity index (χ0v) is 15.0. The summed E-state index contributed by atoms with van der Waals surface area (Å²) in [6.45, 7) is -0.0798. The number of rotatable bonds is 8. The SMILES string of the molecule is COCC(NC(=O)CCc1nc2ccccc2n1-c1ccccc1)C(=O)O. The Morgan fingerprint density at radius 3 is 2.56 bits per heavy atom. The Morgan fingerprint density at radius 1 is 1.15 bits per heavy atom. The van der Waals surface area contributed by atoms with Crippen molar-refractivity contribution in [1.82, 2.24) is 14.9 Å². The third-order valence-corrected chi connectivity index (χ3v) is 4.19. The lowest BCUT2D eigenvalue weighted by Crippen LogP contribution is -2.43. The Hall–Kier alpha value is -3.19. The van der Waals surface area contributed by atoms with Gasteiger partial charge in [0, 0.05) is 25.6 Å². The van der Waals surface area contributed by atoms with E-state index in [0.717, 1.165) is 22.5 Å². The topological polar surface area (TPSA) is 93.5 Å². The number of carboxylic acids is 1. The molecule has 7 nitrogen and oxygen atoms in total. The van der Waals surface area contributed by atoms with Crippen molar-refractivity contribution in [2.75, 3.05) is 13.7 Å². The van der Waals surface area contributed by atoms with Crippen molar-refractivity contribution in [2.45, 2.75) is 18.9 Å². The normalized spacial score (nSPS) is 12.0. The molecule has 0 radical (unpaired) electrons. The number of hydrogen-bond donors (Lipinski definition) is 2. The molecule has 1 heterocycles. The molecule has 27 heavy (non-hydrogen) atoms. The minimum Gasteiger partial charge on any atom is -0.480 e. The number of benzene rings is 2. The number of carbonyl (C=O) groups is 2. The summed E-state index contributed by atoms with van der Waals surface area (Å²) >= 11 is 0. The van der Waals surface area contributed by atoms with Gasteiger partial charge in [-0.1, -0.05) is 30.3 Å². The van der Waals surface area contributed by atoms with Crippen molar-refractivity contribution in [2.24, 2.45) is 0 Å². The monoisotopic (exact) mass is 367 g/mol. The zero-order valence-electron chi connectivity index (χ0n) is 15.0. The van der Waals surface area contributed by atoms with Gasteiger partial charge < -0.3 is 15.2 Å². The summed E-state index contributed by atoms with van der Waals surface area (Å²) in [7, 11) is 1.39. The molecule has 140 valence electrons. The molecular formula is C20H21N3O4. The largest absolute Gasteiger partial charge is 0.480 e. The van der Waals surface area contributed by atoms with Gasteiger partial charge in [0.25, 0.3) is 0 Å². The summed E-state index contributed by atoms with van der Waals surface area (Å²) in [5.74, 6) is -0.732. The Kier molecular flexibility index (Phi) is 5.83. The summed E-state index contributed by atoms with van der Waals surface area (Å²) < 4.78 is 6.85. The molecule has 1 aromatic heterocycles. The zero-order chi connectivity index (χ0) is 19.2. The molecule has 0 aliphatic heterocycles. The van der Waals surface area contributed by atoms with Gasteiger partial charge in [0.1, 0.15) is 5.82 Å². The maximum atomic E-state index is 12.2. The Morgan fingerprint density at radius 2 is 1.85 bits per heavy atom. The van der Waals surface area contributed by atoms with E-state index in [9.17, 15) is 9.59 Å². The third-order valence-electron chi connectivity index (χ3n) is 4.19. The number of methoxy groups -OCH3 is 1. The van der Waals surface area contributed by atoms with Gasteiger partial charge in [-0.2, -0.15) is 0 Å². The molecule has 2 N–H and O–H groups in total. The van der Waals surface area contributed by atoms with Crippen LogP contribution in [0.25, 0.3) is 16.7 Å². The number of fused-ring (bicyclic) bond motifs is 1. The molecule has 3 aromatic rings. The predicted octanol–water partition coefficient (Wildman–Crippen LogP) is 2.17. The van der Waals surface area contributed by atoms with Crippen molar-refractivity contribution in [3.8, 4) is 5.69 Å². The molecule has 0 saturated heterocycles. The number of amides is 1. The van der Waals surface area contributed by atoms with Crippen LogP contribution in [-0.2, 0) is 20.7 Å². The van der Waals surface area contributed by atoms with Gasteiger partial charge in [0.2, 0.25) is 5.91 Å². The lowest BCUT2D eigenvalue weighted by Gasteiger charge is -2.13. The van der Waals surface area contributed by atoms with Gasteiger partial charge in [-0.25, -0.2) is 9.78 Å². The highest BCUT2D eigenvalue weighted by Crippen LogP contribution is 2.22. The lowest BCUT2D eigenvalue weighted by atomic mass is 10.2. The number of nitrogens with zero attached hydrogens (tertiary/aromatic N) is 2. The molecule has 1 amide bonds. The molecular weight excluding hydrogens is 346 g/mol. The number of carboxylic acid groups (broad SMARTS) is 1. The summed E-state index contributed by atoms with van der Waals surface area (Å²) in [5, 5.41) is 11.6. The highest BCUT2D eigenvalue weighted by atomic mass is 16.5. The van der Waals surface area contributed by atoms with Crippen LogP contribution in [0.5, 0.6) is 0 Å². The predicted molar refractivity (Wildman–Crippen MR) is 101 cm³/mol. The minimum absolute atomic E-state index is 0.0798. The number of ether oxygens (including phenoxy) is 1. The van der Waals surface area contributed by atoms with Gasteiger partial charge in [-0.05, 0) is 24.3 Å². The van der Waals surface area contributed by atoms with Gasteiger partial charge in [-0.15, -0.1) is 0 Å². The summed E-state index contributed by atoms with van der Waals surface area (Å²) in [6, 6.07) is 16.5. The van der Waals surface area contributed by atoms with E-state index in [4.69, 9.17) is 9.84 Å². The van der Waals surface area contributed by atoms with Crippen LogP contribution < -0.4 is 5.32 Å². The number of carbonyl (C=O) groups excluding carboxylic acids is 1. The van der Waals surface area contributed by atoms with Crippen LogP contribution in [-0.4, -0.2) is 46.3 Å². The Bertz CT molecular complexity index is 937. The Labute approximate surface area is 156 Å². The molecule has 1 unspecified atom stereocenters. The first-order chi connectivity index (χ1) is 13.1. The third kappa shape index (κ3) is 4.32. The highest BCUT2D eigenvalue weighted by molar-refractivity contribution is 5.84. The smallest absolute Gasteiger partial charge is 0.328 e. The number of para-hydroxylation sites is 3. The Balaban J connectivity index is 1.81. The average molecular weight is 367 g/mol. The van der Waals surface area contributed by atoms with Crippen LogP contribution in [0.2, 0.25) is 0 Å². The quantitative estimate of drug-likeness (QED) is 0.636. The second-order valence-electron chi connectivity index (χ2n) is 6.10. The van der Waals surface area contributed by atoms with E-state index in [-0.39, 0.29) is 18.9 Å². The fourth-order valence-electron chi connectivity index (χ4n) is 2.94. The van der Waals surface area contributed by atoms with E-state index in [1.807, 2.05) is 59.2 Å². The second kappa shape index (κ2) is 8.46. The molecule has 0 spiro atoms. The second-order valence-corrected chi connectivity index (χ2v) is 6.10. The first-order valence-corrected chi connectivity index (χ1v) is 8.63. The van der Waals surface area contributed by atoms with Crippen molar-refractivity contribution in [3.63, 3.8) is 0 Å². The fourth-order valence-corrected chi connectivity index (χ4v) is 2.94.